The highest BCUT2D eigenvalue weighted by Gasteiger charge is 2.30. The fourth-order valence-electron chi connectivity index (χ4n) is 3.07. The van der Waals surface area contributed by atoms with Crippen LogP contribution in [0.4, 0.5) is 5.69 Å². The molecule has 5 nitrogen and oxygen atoms in total. The van der Waals surface area contributed by atoms with E-state index in [9.17, 15) is 0 Å². The molecule has 1 aliphatic heterocycles. The summed E-state index contributed by atoms with van der Waals surface area (Å²) in [6.45, 7) is 3.10. The zero-order valence-electron chi connectivity index (χ0n) is 11.7. The first kappa shape index (κ1) is 11.9. The van der Waals surface area contributed by atoms with Crippen molar-refractivity contribution in [3.63, 3.8) is 0 Å². The van der Waals surface area contributed by atoms with Gasteiger partial charge in [0.2, 0.25) is 0 Å². The first-order valence-electron chi connectivity index (χ1n) is 7.44. The van der Waals surface area contributed by atoms with Gasteiger partial charge >= 0.3 is 0 Å². The molecule has 1 unspecified atom stereocenters. The van der Waals surface area contributed by atoms with Gasteiger partial charge in [0.15, 0.2) is 5.82 Å². The molecule has 1 fully saturated rings. The maximum Gasteiger partial charge on any atom is 0.170 e. The van der Waals surface area contributed by atoms with Gasteiger partial charge in [-0.3, -0.25) is 0 Å². The van der Waals surface area contributed by atoms with E-state index in [0.717, 1.165) is 12.4 Å². The van der Waals surface area contributed by atoms with Gasteiger partial charge in [-0.25, -0.2) is 4.68 Å². The Morgan fingerprint density at radius 1 is 1.20 bits per heavy atom. The molecule has 5 heteroatoms. The van der Waals surface area contributed by atoms with Crippen LogP contribution in [0.3, 0.4) is 0 Å². The van der Waals surface area contributed by atoms with Crippen molar-refractivity contribution in [3.05, 3.63) is 35.7 Å². The lowest BCUT2D eigenvalue weighted by Crippen LogP contribution is -2.37. The Bertz CT molecular complexity index is 616. The molecule has 0 N–H and O–H groups in total. The number of fused-ring (bicyclic) bond motifs is 1. The van der Waals surface area contributed by atoms with Crippen LogP contribution < -0.4 is 4.90 Å². The van der Waals surface area contributed by atoms with E-state index in [-0.39, 0.29) is 0 Å². The van der Waals surface area contributed by atoms with E-state index >= 15 is 0 Å². The second-order valence-corrected chi connectivity index (χ2v) is 5.92. The van der Waals surface area contributed by atoms with Gasteiger partial charge in [0.1, 0.15) is 0 Å². The number of para-hydroxylation sites is 1. The molecule has 1 aromatic heterocycles. The molecule has 1 aliphatic carbocycles. The smallest absolute Gasteiger partial charge is 0.170 e. The lowest BCUT2D eigenvalue weighted by Gasteiger charge is -2.36. The number of hydrogen-bond donors (Lipinski definition) is 0. The molecule has 1 aromatic carbocycles. The molecule has 2 aromatic rings. The summed E-state index contributed by atoms with van der Waals surface area (Å²) < 4.78 is 2.02. The summed E-state index contributed by atoms with van der Waals surface area (Å²) in [5, 5.41) is 12.3. The Morgan fingerprint density at radius 3 is 2.90 bits per heavy atom. The molecule has 2 aliphatic rings. The van der Waals surface area contributed by atoms with Crippen LogP contribution in [0.2, 0.25) is 0 Å². The van der Waals surface area contributed by atoms with Gasteiger partial charge in [0.25, 0.3) is 0 Å². The molecule has 0 bridgehead atoms. The van der Waals surface area contributed by atoms with Gasteiger partial charge in [0, 0.05) is 11.7 Å². The topological polar surface area (TPSA) is 46.8 Å². The van der Waals surface area contributed by atoms with Crippen molar-refractivity contribution in [2.45, 2.75) is 51.2 Å². The maximum atomic E-state index is 4.24. The lowest BCUT2D eigenvalue weighted by atomic mass is 9.97. The van der Waals surface area contributed by atoms with E-state index in [4.69, 9.17) is 0 Å². The number of benzene rings is 1. The van der Waals surface area contributed by atoms with Crippen LogP contribution in [-0.2, 0) is 13.0 Å². The summed E-state index contributed by atoms with van der Waals surface area (Å²) >= 11 is 0. The Hall–Kier alpha value is -1.91. The van der Waals surface area contributed by atoms with Crippen LogP contribution in [0.25, 0.3) is 0 Å². The van der Waals surface area contributed by atoms with Crippen LogP contribution >= 0.6 is 0 Å². The molecule has 2 heterocycles. The molecule has 0 radical (unpaired) electrons. The molecule has 0 saturated heterocycles. The monoisotopic (exact) mass is 269 g/mol. The van der Waals surface area contributed by atoms with Gasteiger partial charge in [-0.05, 0) is 54.7 Å². The minimum atomic E-state index is 0.536. The summed E-state index contributed by atoms with van der Waals surface area (Å²) in [4.78, 5) is 2.45. The summed E-state index contributed by atoms with van der Waals surface area (Å²) in [6.07, 6.45) is 4.79. The minimum Gasteiger partial charge on any atom is -0.361 e. The van der Waals surface area contributed by atoms with Crippen molar-refractivity contribution in [1.29, 1.82) is 0 Å². The summed E-state index contributed by atoms with van der Waals surface area (Å²) in [5.41, 5.74) is 2.78. The van der Waals surface area contributed by atoms with Crippen LogP contribution in [-0.4, -0.2) is 26.2 Å². The molecule has 1 saturated carbocycles. The number of nitrogens with zero attached hydrogens (tertiary/aromatic N) is 5. The number of aryl methyl sites for hydroxylation is 1. The predicted molar refractivity (Wildman–Crippen MR) is 76.5 cm³/mol. The second kappa shape index (κ2) is 4.58. The molecule has 20 heavy (non-hydrogen) atoms. The van der Waals surface area contributed by atoms with Crippen LogP contribution in [0, 0.1) is 0 Å². The van der Waals surface area contributed by atoms with Gasteiger partial charge in [0.05, 0.1) is 12.6 Å². The van der Waals surface area contributed by atoms with Crippen molar-refractivity contribution in [2.24, 2.45) is 0 Å². The van der Waals surface area contributed by atoms with Gasteiger partial charge in [-0.15, -0.1) is 5.10 Å². The van der Waals surface area contributed by atoms with E-state index in [1.807, 2.05) is 4.68 Å². The lowest BCUT2D eigenvalue weighted by molar-refractivity contribution is 0.523. The molecule has 104 valence electrons. The third-order valence-electron chi connectivity index (χ3n) is 4.43. The normalized spacial score (nSPS) is 21.9. The second-order valence-electron chi connectivity index (χ2n) is 5.92. The van der Waals surface area contributed by atoms with Crippen molar-refractivity contribution >= 4 is 5.69 Å². The van der Waals surface area contributed by atoms with E-state index in [1.54, 1.807) is 0 Å². The highest BCUT2D eigenvalue weighted by Crippen LogP contribution is 2.36. The molecular weight excluding hydrogens is 250 g/mol. The average Bonchev–Trinajstić information content (AvgIpc) is 3.22. The first-order chi connectivity index (χ1) is 9.83. The van der Waals surface area contributed by atoms with Gasteiger partial charge in [-0.1, -0.05) is 18.2 Å². The van der Waals surface area contributed by atoms with E-state index in [1.165, 1.54) is 36.9 Å². The number of anilines is 1. The average molecular weight is 269 g/mol. The van der Waals surface area contributed by atoms with E-state index < -0.39 is 0 Å². The summed E-state index contributed by atoms with van der Waals surface area (Å²) in [7, 11) is 0. The number of aromatic nitrogens is 4. The van der Waals surface area contributed by atoms with Crippen molar-refractivity contribution in [1.82, 2.24) is 20.2 Å². The largest absolute Gasteiger partial charge is 0.361 e. The van der Waals surface area contributed by atoms with Crippen molar-refractivity contribution in [2.75, 3.05) is 4.90 Å². The number of hydrogen-bond acceptors (Lipinski definition) is 4. The Labute approximate surface area is 118 Å². The molecule has 0 amide bonds. The summed E-state index contributed by atoms with van der Waals surface area (Å²) in [6, 6.07) is 9.77. The van der Waals surface area contributed by atoms with Crippen molar-refractivity contribution < 1.29 is 0 Å². The van der Waals surface area contributed by atoms with E-state index in [0.29, 0.717) is 12.1 Å². The first-order valence-corrected chi connectivity index (χ1v) is 7.44. The highest BCUT2D eigenvalue weighted by molar-refractivity contribution is 5.56. The van der Waals surface area contributed by atoms with Crippen LogP contribution in [0.1, 0.15) is 43.6 Å². The van der Waals surface area contributed by atoms with E-state index in [2.05, 4.69) is 51.6 Å². The Balaban J connectivity index is 1.65. The molecular formula is C15H19N5. The third-order valence-corrected chi connectivity index (χ3v) is 4.43. The Morgan fingerprint density at radius 2 is 2.05 bits per heavy atom. The molecule has 0 spiro atoms. The van der Waals surface area contributed by atoms with Crippen LogP contribution in [0.15, 0.2) is 24.3 Å². The Kier molecular flexibility index (Phi) is 2.72. The predicted octanol–water partition coefficient (Wildman–Crippen LogP) is 2.35. The minimum absolute atomic E-state index is 0.536. The van der Waals surface area contributed by atoms with Crippen LogP contribution in [0.5, 0.6) is 0 Å². The third kappa shape index (κ3) is 1.97. The zero-order chi connectivity index (χ0) is 13.5. The maximum absolute atomic E-state index is 4.24. The molecule has 4 rings (SSSR count). The van der Waals surface area contributed by atoms with Crippen molar-refractivity contribution in [3.8, 4) is 0 Å². The van der Waals surface area contributed by atoms with Gasteiger partial charge in [-0.2, -0.15) is 0 Å². The fourth-order valence-corrected chi connectivity index (χ4v) is 3.07. The fraction of sp³-hybridized carbons (Fsp3) is 0.533. The number of tetrazole rings is 1. The zero-order valence-corrected chi connectivity index (χ0v) is 11.7. The summed E-state index contributed by atoms with van der Waals surface area (Å²) in [5.74, 6) is 0.996. The standard InChI is InChI=1S/C15H19N5/c1-11-6-7-12-4-2-3-5-14(12)19(11)10-15-16-17-18-20(15)13-8-9-13/h2-5,11,13H,6-10H2,1H3. The highest BCUT2D eigenvalue weighted by atomic mass is 15.6. The quantitative estimate of drug-likeness (QED) is 0.858. The number of rotatable bonds is 3. The SMILES string of the molecule is CC1CCc2ccccc2N1Cc1nnnn1C1CC1. The van der Waals surface area contributed by atoms with Gasteiger partial charge < -0.3 is 4.90 Å². The molecule has 1 atom stereocenters.